The van der Waals surface area contributed by atoms with E-state index >= 15 is 0 Å². The first-order valence-corrected chi connectivity index (χ1v) is 6.81. The number of aliphatic carboxylic acids is 1. The zero-order chi connectivity index (χ0) is 14.0. The van der Waals surface area contributed by atoms with Gasteiger partial charge in [0, 0.05) is 11.4 Å². The van der Waals surface area contributed by atoms with Crippen molar-refractivity contribution in [2.24, 2.45) is 0 Å². The molecule has 0 amide bonds. The Hall–Kier alpha value is -1.04. The minimum absolute atomic E-state index is 0.522. The van der Waals surface area contributed by atoms with Crippen LogP contribution in [0.5, 0.6) is 0 Å². The number of carboxylic acid groups (broad SMARTS) is 1. The summed E-state index contributed by atoms with van der Waals surface area (Å²) >= 11 is -1.46. The molecule has 4 nitrogen and oxygen atoms in total. The molecular weight excluding hydrogens is 250 g/mol. The molecule has 1 aromatic rings. The van der Waals surface area contributed by atoms with Gasteiger partial charge in [-0.3, -0.25) is 0 Å². The third-order valence-electron chi connectivity index (χ3n) is 2.63. The SMILES string of the molecule is CC(N[S+]([O-])C(C)(C)C)(C(=O)O)c1ccccc1. The zero-order valence-corrected chi connectivity index (χ0v) is 11.9. The van der Waals surface area contributed by atoms with Crippen molar-refractivity contribution in [2.75, 3.05) is 0 Å². The van der Waals surface area contributed by atoms with Gasteiger partial charge < -0.3 is 9.66 Å². The van der Waals surface area contributed by atoms with Crippen molar-refractivity contribution in [3.8, 4) is 0 Å². The molecule has 2 unspecified atom stereocenters. The summed E-state index contributed by atoms with van der Waals surface area (Å²) < 4.78 is 14.3. The Morgan fingerprint density at radius 1 is 1.22 bits per heavy atom. The molecule has 0 aliphatic rings. The number of carboxylic acids is 1. The van der Waals surface area contributed by atoms with Gasteiger partial charge >= 0.3 is 5.97 Å². The van der Waals surface area contributed by atoms with Crippen molar-refractivity contribution < 1.29 is 14.5 Å². The smallest absolute Gasteiger partial charge is 0.332 e. The topological polar surface area (TPSA) is 72.4 Å². The van der Waals surface area contributed by atoms with Gasteiger partial charge in [-0.25, -0.2) is 4.79 Å². The van der Waals surface area contributed by atoms with Gasteiger partial charge in [-0.2, -0.15) is 0 Å². The molecule has 0 heterocycles. The van der Waals surface area contributed by atoms with Gasteiger partial charge in [-0.15, -0.1) is 4.72 Å². The van der Waals surface area contributed by atoms with E-state index in [1.54, 1.807) is 45.0 Å². The lowest BCUT2D eigenvalue weighted by atomic mass is 9.94. The molecule has 0 fully saturated rings. The van der Waals surface area contributed by atoms with Crippen LogP contribution in [0.15, 0.2) is 30.3 Å². The highest BCUT2D eigenvalue weighted by Gasteiger charge is 2.42. The van der Waals surface area contributed by atoms with Gasteiger partial charge in [-0.1, -0.05) is 30.3 Å². The van der Waals surface area contributed by atoms with Crippen LogP contribution in [0.1, 0.15) is 33.3 Å². The minimum Gasteiger partial charge on any atom is -0.598 e. The predicted molar refractivity (Wildman–Crippen MR) is 72.5 cm³/mol. The third-order valence-corrected chi connectivity index (χ3v) is 4.34. The lowest BCUT2D eigenvalue weighted by Crippen LogP contribution is -2.54. The van der Waals surface area contributed by atoms with Crippen molar-refractivity contribution in [1.29, 1.82) is 0 Å². The average Bonchev–Trinajstić information content (AvgIpc) is 2.28. The molecule has 0 aromatic heterocycles. The summed E-state index contributed by atoms with van der Waals surface area (Å²) in [6.07, 6.45) is 0. The quantitative estimate of drug-likeness (QED) is 0.820. The van der Waals surface area contributed by atoms with E-state index in [4.69, 9.17) is 0 Å². The maximum atomic E-state index is 12.1. The summed E-state index contributed by atoms with van der Waals surface area (Å²) in [5, 5.41) is 9.40. The summed E-state index contributed by atoms with van der Waals surface area (Å²) in [6, 6.07) is 8.75. The number of hydrogen-bond acceptors (Lipinski definition) is 3. The average molecular weight is 269 g/mol. The van der Waals surface area contributed by atoms with Crippen molar-refractivity contribution >= 4 is 17.3 Å². The summed E-state index contributed by atoms with van der Waals surface area (Å²) in [6.45, 7) is 6.91. The van der Waals surface area contributed by atoms with Gasteiger partial charge in [0.25, 0.3) is 0 Å². The van der Waals surface area contributed by atoms with E-state index in [1.165, 1.54) is 6.92 Å². The molecule has 0 aliphatic heterocycles. The normalized spacial score (nSPS) is 16.9. The lowest BCUT2D eigenvalue weighted by molar-refractivity contribution is -0.143. The second-order valence-electron chi connectivity index (χ2n) is 5.28. The van der Waals surface area contributed by atoms with Gasteiger partial charge in [0.15, 0.2) is 5.54 Å². The Kier molecular flexibility index (Phi) is 4.42. The van der Waals surface area contributed by atoms with Crippen LogP contribution < -0.4 is 4.72 Å². The fraction of sp³-hybridized carbons (Fsp3) is 0.462. The Morgan fingerprint density at radius 3 is 2.11 bits per heavy atom. The van der Waals surface area contributed by atoms with Gasteiger partial charge in [-0.05, 0) is 33.3 Å². The Bertz CT molecular complexity index is 416. The predicted octanol–water partition coefficient (Wildman–Crippen LogP) is 2.04. The second kappa shape index (κ2) is 5.30. The van der Waals surface area contributed by atoms with Gasteiger partial charge in [0.1, 0.15) is 4.75 Å². The number of rotatable bonds is 4. The Labute approximate surface area is 111 Å². The van der Waals surface area contributed by atoms with Crippen LogP contribution in [0.2, 0.25) is 0 Å². The number of nitrogens with one attached hydrogen (secondary N) is 1. The fourth-order valence-corrected chi connectivity index (χ4v) is 2.22. The van der Waals surface area contributed by atoms with Crippen LogP contribution in [-0.4, -0.2) is 20.4 Å². The standard InChI is InChI=1S/C13H19NO3S/c1-12(2,3)18(17)14-13(4,11(15)16)10-8-6-5-7-9-10/h5-9,14H,1-4H3,(H,15,16). The summed E-state index contributed by atoms with van der Waals surface area (Å²) in [5.41, 5.74) is -0.783. The van der Waals surface area contributed by atoms with Crippen molar-refractivity contribution in [3.63, 3.8) is 0 Å². The van der Waals surface area contributed by atoms with Crippen LogP contribution in [-0.2, 0) is 21.7 Å². The van der Waals surface area contributed by atoms with Crippen LogP contribution in [0.4, 0.5) is 0 Å². The highest BCUT2D eigenvalue weighted by atomic mass is 32.2. The molecule has 0 radical (unpaired) electrons. The van der Waals surface area contributed by atoms with Crippen LogP contribution in [0.25, 0.3) is 0 Å². The van der Waals surface area contributed by atoms with E-state index < -0.39 is 27.6 Å². The summed E-state index contributed by atoms with van der Waals surface area (Å²) in [7, 11) is 0. The van der Waals surface area contributed by atoms with Crippen LogP contribution in [0, 0.1) is 0 Å². The molecule has 2 atom stereocenters. The maximum Gasteiger partial charge on any atom is 0.332 e. The highest BCUT2D eigenvalue weighted by molar-refractivity contribution is 7.90. The molecule has 2 N–H and O–H groups in total. The molecule has 1 aromatic carbocycles. The fourth-order valence-electron chi connectivity index (χ4n) is 1.34. The first-order valence-electron chi connectivity index (χ1n) is 5.66. The van der Waals surface area contributed by atoms with E-state index in [9.17, 15) is 14.5 Å². The lowest BCUT2D eigenvalue weighted by Gasteiger charge is -2.32. The maximum absolute atomic E-state index is 12.1. The summed E-state index contributed by atoms with van der Waals surface area (Å²) in [4.78, 5) is 11.5. The van der Waals surface area contributed by atoms with Gasteiger partial charge in [0.05, 0.1) is 0 Å². The molecule has 0 spiro atoms. The molecule has 5 heteroatoms. The molecule has 0 bridgehead atoms. The van der Waals surface area contributed by atoms with Crippen molar-refractivity contribution in [2.45, 2.75) is 38.0 Å². The number of carbonyl (C=O) groups is 1. The van der Waals surface area contributed by atoms with Crippen LogP contribution in [0.3, 0.4) is 0 Å². The Balaban J connectivity index is 3.07. The Morgan fingerprint density at radius 2 is 1.72 bits per heavy atom. The van der Waals surface area contributed by atoms with Crippen molar-refractivity contribution in [1.82, 2.24) is 4.72 Å². The van der Waals surface area contributed by atoms with Crippen molar-refractivity contribution in [3.05, 3.63) is 35.9 Å². The molecule has 100 valence electrons. The molecular formula is C13H19NO3S. The molecule has 0 aliphatic carbocycles. The molecule has 0 saturated carbocycles. The van der Waals surface area contributed by atoms with E-state index in [2.05, 4.69) is 4.72 Å². The van der Waals surface area contributed by atoms with Gasteiger partial charge in [0.2, 0.25) is 0 Å². The van der Waals surface area contributed by atoms with E-state index in [-0.39, 0.29) is 0 Å². The van der Waals surface area contributed by atoms with Crippen LogP contribution >= 0.6 is 0 Å². The number of benzene rings is 1. The van der Waals surface area contributed by atoms with E-state index in [0.717, 1.165) is 0 Å². The van der Waals surface area contributed by atoms with E-state index in [1.807, 2.05) is 6.07 Å². The summed E-state index contributed by atoms with van der Waals surface area (Å²) in [5.74, 6) is -1.05. The molecule has 1 rings (SSSR count). The zero-order valence-electron chi connectivity index (χ0n) is 11.1. The minimum atomic E-state index is -1.46. The second-order valence-corrected chi connectivity index (χ2v) is 7.25. The highest BCUT2D eigenvalue weighted by Crippen LogP contribution is 2.25. The molecule has 18 heavy (non-hydrogen) atoms. The van der Waals surface area contributed by atoms with E-state index in [0.29, 0.717) is 5.56 Å². The third kappa shape index (κ3) is 3.25. The molecule has 0 saturated heterocycles. The first-order chi connectivity index (χ1) is 8.18. The number of hydrogen-bond donors (Lipinski definition) is 2. The largest absolute Gasteiger partial charge is 0.598 e. The first kappa shape index (κ1) is 15.0. The monoisotopic (exact) mass is 269 g/mol.